The highest BCUT2D eigenvalue weighted by atomic mass is 16.5. The third kappa shape index (κ3) is 4.35. The van der Waals surface area contributed by atoms with Gasteiger partial charge in [0.2, 0.25) is 11.9 Å². The molecule has 0 bridgehead atoms. The van der Waals surface area contributed by atoms with Crippen LogP contribution in [-0.4, -0.2) is 66.2 Å². The second-order valence-corrected chi connectivity index (χ2v) is 7.06. The van der Waals surface area contributed by atoms with Crippen LogP contribution in [0, 0.1) is 0 Å². The number of hydrogen-bond acceptors (Lipinski definition) is 8. The minimum Gasteiger partial charge on any atom is -0.493 e. The van der Waals surface area contributed by atoms with Crippen molar-refractivity contribution in [2.45, 2.75) is 0 Å². The van der Waals surface area contributed by atoms with Crippen LogP contribution < -0.4 is 20.1 Å². The summed E-state index contributed by atoms with van der Waals surface area (Å²) in [6.07, 6.45) is 6.79. The molecule has 31 heavy (non-hydrogen) atoms. The van der Waals surface area contributed by atoms with Gasteiger partial charge in [-0.2, -0.15) is 4.98 Å². The Morgan fingerprint density at radius 3 is 2.39 bits per heavy atom. The van der Waals surface area contributed by atoms with Crippen LogP contribution in [0.5, 0.6) is 11.5 Å². The van der Waals surface area contributed by atoms with Gasteiger partial charge in [-0.05, 0) is 29.8 Å². The van der Waals surface area contributed by atoms with E-state index in [2.05, 4.69) is 15.0 Å². The Morgan fingerprint density at radius 1 is 1.03 bits per heavy atom. The highest BCUT2D eigenvalue weighted by molar-refractivity contribution is 5.92. The van der Waals surface area contributed by atoms with Gasteiger partial charge in [0.15, 0.2) is 11.5 Å². The molecule has 3 heterocycles. The first kappa shape index (κ1) is 20.4. The van der Waals surface area contributed by atoms with Crippen LogP contribution in [0.2, 0.25) is 0 Å². The molecule has 1 fully saturated rings. The minimum absolute atomic E-state index is 0.0211. The lowest BCUT2D eigenvalue weighted by molar-refractivity contribution is -0.126. The normalized spacial score (nSPS) is 14.3. The van der Waals surface area contributed by atoms with E-state index in [-0.39, 0.29) is 5.91 Å². The lowest BCUT2D eigenvalue weighted by atomic mass is 10.2. The van der Waals surface area contributed by atoms with Crippen LogP contribution in [0.3, 0.4) is 0 Å². The Morgan fingerprint density at radius 2 is 1.71 bits per heavy atom. The number of nitrogen functional groups attached to an aromatic ring is 1. The number of ether oxygens (including phenoxy) is 2. The fraction of sp³-hybridized carbons (Fsp3) is 0.273. The average Bonchev–Trinajstić information content (AvgIpc) is 2.82. The fourth-order valence-corrected chi connectivity index (χ4v) is 3.48. The number of hydrogen-bond donors (Lipinski definition) is 1. The Kier molecular flexibility index (Phi) is 5.83. The van der Waals surface area contributed by atoms with Gasteiger partial charge >= 0.3 is 0 Å². The SMILES string of the molecule is COc1cc2nc(N3CCN(C(=O)C=Cc4ccncc4)CC3)nc(N)c2cc1OC. The first-order chi connectivity index (χ1) is 15.1. The first-order valence-electron chi connectivity index (χ1n) is 9.90. The van der Waals surface area contributed by atoms with Crippen molar-refractivity contribution in [1.29, 1.82) is 0 Å². The van der Waals surface area contributed by atoms with Crippen molar-refractivity contribution in [1.82, 2.24) is 19.9 Å². The number of carbonyl (C=O) groups is 1. The van der Waals surface area contributed by atoms with Crippen molar-refractivity contribution in [3.05, 3.63) is 48.3 Å². The molecule has 0 unspecified atom stereocenters. The van der Waals surface area contributed by atoms with Gasteiger partial charge in [0.25, 0.3) is 0 Å². The lowest BCUT2D eigenvalue weighted by Crippen LogP contribution is -2.48. The van der Waals surface area contributed by atoms with Crippen molar-refractivity contribution in [3.8, 4) is 11.5 Å². The average molecular weight is 420 g/mol. The number of anilines is 2. The van der Waals surface area contributed by atoms with E-state index in [0.717, 1.165) is 5.56 Å². The maximum Gasteiger partial charge on any atom is 0.246 e. The number of aromatic nitrogens is 3. The number of carbonyl (C=O) groups excluding carboxylic acids is 1. The summed E-state index contributed by atoms with van der Waals surface area (Å²) >= 11 is 0. The highest BCUT2D eigenvalue weighted by Crippen LogP contribution is 2.34. The van der Waals surface area contributed by atoms with Crippen molar-refractivity contribution in [2.75, 3.05) is 51.0 Å². The summed E-state index contributed by atoms with van der Waals surface area (Å²) in [6.45, 7) is 2.39. The topological polar surface area (TPSA) is 107 Å². The van der Waals surface area contributed by atoms with E-state index >= 15 is 0 Å². The molecule has 1 aliphatic rings. The largest absolute Gasteiger partial charge is 0.493 e. The molecular formula is C22H24N6O3. The predicted octanol–water partition coefficient (Wildman–Crippen LogP) is 1.99. The maximum absolute atomic E-state index is 12.5. The van der Waals surface area contributed by atoms with Crippen LogP contribution in [0.25, 0.3) is 17.0 Å². The number of piperazine rings is 1. The first-order valence-corrected chi connectivity index (χ1v) is 9.90. The molecule has 0 aliphatic carbocycles. The standard InChI is InChI=1S/C22H24N6O3/c1-30-18-13-16-17(14-19(18)31-2)25-22(26-21(16)23)28-11-9-27(10-12-28)20(29)4-3-15-5-7-24-8-6-15/h3-8,13-14H,9-12H2,1-2H3,(H2,23,25,26). The van der Waals surface area contributed by atoms with Crippen molar-refractivity contribution >= 4 is 34.7 Å². The van der Waals surface area contributed by atoms with Gasteiger partial charge in [-0.3, -0.25) is 9.78 Å². The molecule has 1 amide bonds. The fourth-order valence-electron chi connectivity index (χ4n) is 3.48. The van der Waals surface area contributed by atoms with Gasteiger partial charge in [-0.15, -0.1) is 0 Å². The highest BCUT2D eigenvalue weighted by Gasteiger charge is 2.22. The van der Waals surface area contributed by atoms with E-state index in [0.29, 0.717) is 60.3 Å². The molecule has 0 saturated carbocycles. The van der Waals surface area contributed by atoms with Gasteiger partial charge in [0.05, 0.1) is 19.7 Å². The Labute approximate surface area is 180 Å². The number of nitrogens with zero attached hydrogens (tertiary/aromatic N) is 5. The third-order valence-corrected chi connectivity index (χ3v) is 5.22. The molecule has 2 N–H and O–H groups in total. The van der Waals surface area contributed by atoms with E-state index in [1.165, 1.54) is 0 Å². The van der Waals surface area contributed by atoms with E-state index in [1.807, 2.05) is 21.9 Å². The van der Waals surface area contributed by atoms with Crippen LogP contribution in [0.15, 0.2) is 42.7 Å². The molecule has 2 aromatic heterocycles. The summed E-state index contributed by atoms with van der Waals surface area (Å²) in [7, 11) is 3.15. The van der Waals surface area contributed by atoms with Gasteiger partial charge < -0.3 is 25.0 Å². The van der Waals surface area contributed by atoms with Crippen molar-refractivity contribution < 1.29 is 14.3 Å². The van der Waals surface area contributed by atoms with E-state index in [1.54, 1.807) is 50.9 Å². The van der Waals surface area contributed by atoms with Crippen LogP contribution in [-0.2, 0) is 4.79 Å². The number of pyridine rings is 1. The minimum atomic E-state index is -0.0211. The summed E-state index contributed by atoms with van der Waals surface area (Å²) in [5.41, 5.74) is 7.82. The number of benzene rings is 1. The van der Waals surface area contributed by atoms with Gasteiger partial charge in [0, 0.05) is 56.1 Å². The quantitative estimate of drug-likeness (QED) is 0.625. The summed E-state index contributed by atoms with van der Waals surface area (Å²) in [5.74, 6) is 2.05. The molecule has 1 aliphatic heterocycles. The Balaban J connectivity index is 1.47. The molecule has 3 aromatic rings. The number of methoxy groups -OCH3 is 2. The number of rotatable bonds is 5. The van der Waals surface area contributed by atoms with Gasteiger partial charge in [-0.1, -0.05) is 0 Å². The van der Waals surface area contributed by atoms with E-state index in [9.17, 15) is 4.79 Å². The second kappa shape index (κ2) is 8.86. The van der Waals surface area contributed by atoms with Crippen LogP contribution >= 0.6 is 0 Å². The smallest absolute Gasteiger partial charge is 0.246 e. The zero-order valence-corrected chi connectivity index (χ0v) is 17.5. The molecule has 1 saturated heterocycles. The van der Waals surface area contributed by atoms with Crippen LogP contribution in [0.4, 0.5) is 11.8 Å². The van der Waals surface area contributed by atoms with Gasteiger partial charge in [-0.25, -0.2) is 4.98 Å². The molecular weight excluding hydrogens is 396 g/mol. The molecule has 160 valence electrons. The molecule has 0 atom stereocenters. The summed E-state index contributed by atoms with van der Waals surface area (Å²) < 4.78 is 10.7. The molecule has 0 spiro atoms. The molecule has 1 aromatic carbocycles. The number of nitrogens with two attached hydrogens (primary N) is 1. The second-order valence-electron chi connectivity index (χ2n) is 7.06. The van der Waals surface area contributed by atoms with Crippen molar-refractivity contribution in [3.63, 3.8) is 0 Å². The summed E-state index contributed by atoms with van der Waals surface area (Å²) in [5, 5.41) is 0.705. The molecule has 9 heteroatoms. The number of fused-ring (bicyclic) bond motifs is 1. The van der Waals surface area contributed by atoms with Gasteiger partial charge in [0.1, 0.15) is 5.82 Å². The Hall–Kier alpha value is -3.88. The maximum atomic E-state index is 12.5. The molecule has 9 nitrogen and oxygen atoms in total. The summed E-state index contributed by atoms with van der Waals surface area (Å²) in [4.78, 5) is 29.5. The summed E-state index contributed by atoms with van der Waals surface area (Å²) in [6, 6.07) is 7.28. The number of amides is 1. The van der Waals surface area contributed by atoms with Crippen molar-refractivity contribution in [2.24, 2.45) is 0 Å². The zero-order chi connectivity index (χ0) is 21.8. The van der Waals surface area contributed by atoms with E-state index in [4.69, 9.17) is 15.2 Å². The Bertz CT molecular complexity index is 1110. The zero-order valence-electron chi connectivity index (χ0n) is 17.5. The predicted molar refractivity (Wildman–Crippen MR) is 119 cm³/mol. The van der Waals surface area contributed by atoms with E-state index < -0.39 is 0 Å². The molecule has 0 radical (unpaired) electrons. The van der Waals surface area contributed by atoms with Crippen LogP contribution in [0.1, 0.15) is 5.56 Å². The monoisotopic (exact) mass is 420 g/mol. The lowest BCUT2D eigenvalue weighted by Gasteiger charge is -2.34. The third-order valence-electron chi connectivity index (χ3n) is 5.22. The molecule has 4 rings (SSSR count).